The second-order valence-corrected chi connectivity index (χ2v) is 5.16. The molecule has 1 aliphatic rings. The number of hydrogen-bond donors (Lipinski definition) is 2. The van der Waals surface area contributed by atoms with Crippen LogP contribution in [0.1, 0.15) is 19.8 Å². The van der Waals surface area contributed by atoms with Gasteiger partial charge in [-0.3, -0.25) is 0 Å². The van der Waals surface area contributed by atoms with E-state index in [-0.39, 0.29) is 37.1 Å². The van der Waals surface area contributed by atoms with Crippen molar-refractivity contribution in [3.63, 3.8) is 0 Å². The summed E-state index contributed by atoms with van der Waals surface area (Å²) >= 11 is 0. The van der Waals surface area contributed by atoms with Crippen LogP contribution in [0.3, 0.4) is 0 Å². The van der Waals surface area contributed by atoms with Crippen molar-refractivity contribution in [1.82, 2.24) is 10.6 Å². The number of nitrogens with one attached hydrogen (secondary N) is 2. The minimum absolute atomic E-state index is 0.0451. The second-order valence-electron chi connectivity index (χ2n) is 5.16. The largest absolute Gasteiger partial charge is 0.489 e. The Bertz CT molecular complexity index is 508. The van der Waals surface area contributed by atoms with Gasteiger partial charge in [0.15, 0.2) is 11.6 Å². The number of benzene rings is 1. The quantitative estimate of drug-likeness (QED) is 0.792. The zero-order valence-electron chi connectivity index (χ0n) is 12.4. The Labute approximate surface area is 128 Å². The highest BCUT2D eigenvalue weighted by Crippen LogP contribution is 2.17. The van der Waals surface area contributed by atoms with Gasteiger partial charge in [0, 0.05) is 12.7 Å². The number of rotatable bonds is 6. The van der Waals surface area contributed by atoms with Gasteiger partial charge in [-0.1, -0.05) is 0 Å². The normalized spacial score (nSPS) is 18.8. The molecule has 0 aromatic heterocycles. The molecule has 2 amide bonds. The molecule has 0 bridgehead atoms. The van der Waals surface area contributed by atoms with Crippen molar-refractivity contribution in [3.8, 4) is 5.75 Å². The standard InChI is InChI=1S/C15H20F2N2O3/c1-10(13-3-2-7-21-13)19-15(20)18-6-8-22-14-5-4-11(16)9-12(14)17/h4-5,9-10,13H,2-3,6-8H2,1H3,(H2,18,19,20)/t10-,13+/m0/s1. The highest BCUT2D eigenvalue weighted by Gasteiger charge is 2.23. The van der Waals surface area contributed by atoms with E-state index in [2.05, 4.69) is 10.6 Å². The fourth-order valence-corrected chi connectivity index (χ4v) is 2.27. The van der Waals surface area contributed by atoms with Crippen molar-refractivity contribution in [3.05, 3.63) is 29.8 Å². The van der Waals surface area contributed by atoms with Crippen LogP contribution in [-0.2, 0) is 4.74 Å². The van der Waals surface area contributed by atoms with Crippen molar-refractivity contribution in [2.45, 2.75) is 31.9 Å². The van der Waals surface area contributed by atoms with Gasteiger partial charge in [-0.15, -0.1) is 0 Å². The van der Waals surface area contributed by atoms with Gasteiger partial charge in [0.2, 0.25) is 0 Å². The SMILES string of the molecule is C[C@H](NC(=O)NCCOc1ccc(F)cc1F)[C@H]1CCCO1. The molecule has 2 atom stereocenters. The van der Waals surface area contributed by atoms with Gasteiger partial charge in [-0.2, -0.15) is 0 Å². The number of carbonyl (C=O) groups excluding carboxylic acids is 1. The van der Waals surface area contributed by atoms with Gasteiger partial charge in [0.1, 0.15) is 12.4 Å². The lowest BCUT2D eigenvalue weighted by Gasteiger charge is -2.20. The number of carbonyl (C=O) groups is 1. The first kappa shape index (κ1) is 16.5. The summed E-state index contributed by atoms with van der Waals surface area (Å²) in [4.78, 5) is 11.7. The van der Waals surface area contributed by atoms with E-state index < -0.39 is 11.6 Å². The minimum atomic E-state index is -0.767. The molecule has 1 aliphatic heterocycles. The van der Waals surface area contributed by atoms with Gasteiger partial charge < -0.3 is 20.1 Å². The minimum Gasteiger partial charge on any atom is -0.489 e. The zero-order chi connectivity index (χ0) is 15.9. The Morgan fingerprint density at radius 1 is 1.50 bits per heavy atom. The molecule has 1 heterocycles. The predicted molar refractivity (Wildman–Crippen MR) is 76.8 cm³/mol. The number of amides is 2. The van der Waals surface area contributed by atoms with Crippen LogP contribution in [0.2, 0.25) is 0 Å². The van der Waals surface area contributed by atoms with E-state index in [1.54, 1.807) is 0 Å². The van der Waals surface area contributed by atoms with Gasteiger partial charge in [-0.25, -0.2) is 13.6 Å². The predicted octanol–water partition coefficient (Wildman–Crippen LogP) is 2.21. The topological polar surface area (TPSA) is 59.6 Å². The maximum atomic E-state index is 13.3. The molecule has 1 saturated heterocycles. The molecule has 1 aromatic rings. The van der Waals surface area contributed by atoms with E-state index in [1.807, 2.05) is 6.92 Å². The fraction of sp³-hybridized carbons (Fsp3) is 0.533. The molecule has 1 aromatic carbocycles. The molecule has 0 saturated carbocycles. The highest BCUT2D eigenvalue weighted by atomic mass is 19.1. The van der Waals surface area contributed by atoms with E-state index in [9.17, 15) is 13.6 Å². The summed E-state index contributed by atoms with van der Waals surface area (Å²) < 4.78 is 36.6. The Balaban J connectivity index is 1.64. The molecule has 2 rings (SSSR count). The van der Waals surface area contributed by atoms with E-state index in [4.69, 9.17) is 9.47 Å². The Morgan fingerprint density at radius 3 is 3.00 bits per heavy atom. The highest BCUT2D eigenvalue weighted by molar-refractivity contribution is 5.74. The first-order valence-corrected chi connectivity index (χ1v) is 7.30. The molecule has 7 heteroatoms. The zero-order valence-corrected chi connectivity index (χ0v) is 12.4. The van der Waals surface area contributed by atoms with Crippen molar-refractivity contribution in [2.75, 3.05) is 19.8 Å². The van der Waals surface area contributed by atoms with E-state index in [0.29, 0.717) is 0 Å². The van der Waals surface area contributed by atoms with Gasteiger partial charge in [0.25, 0.3) is 0 Å². The molecule has 0 spiro atoms. The molecule has 22 heavy (non-hydrogen) atoms. The van der Waals surface area contributed by atoms with Gasteiger partial charge in [-0.05, 0) is 31.9 Å². The molecule has 0 radical (unpaired) electrons. The molecular weight excluding hydrogens is 294 g/mol. The van der Waals surface area contributed by atoms with Crippen LogP contribution in [-0.4, -0.2) is 37.9 Å². The summed E-state index contributed by atoms with van der Waals surface area (Å²) in [5, 5.41) is 5.40. The van der Waals surface area contributed by atoms with Crippen LogP contribution in [0.4, 0.5) is 13.6 Å². The van der Waals surface area contributed by atoms with E-state index in [0.717, 1.165) is 31.6 Å². The molecule has 1 fully saturated rings. The first-order valence-electron chi connectivity index (χ1n) is 7.30. The van der Waals surface area contributed by atoms with Gasteiger partial charge in [0.05, 0.1) is 18.7 Å². The van der Waals surface area contributed by atoms with Crippen LogP contribution in [0.25, 0.3) is 0 Å². The van der Waals surface area contributed by atoms with E-state index >= 15 is 0 Å². The van der Waals surface area contributed by atoms with Crippen molar-refractivity contribution in [2.24, 2.45) is 0 Å². The molecular formula is C15H20F2N2O3. The van der Waals surface area contributed by atoms with Crippen LogP contribution < -0.4 is 15.4 Å². The summed E-state index contributed by atoms with van der Waals surface area (Å²) in [5.41, 5.74) is 0. The van der Waals surface area contributed by atoms with Crippen molar-refractivity contribution in [1.29, 1.82) is 0 Å². The lowest BCUT2D eigenvalue weighted by Crippen LogP contribution is -2.46. The lowest BCUT2D eigenvalue weighted by molar-refractivity contribution is 0.0860. The summed E-state index contributed by atoms with van der Waals surface area (Å²) in [5.74, 6) is -1.47. The number of hydrogen-bond acceptors (Lipinski definition) is 3. The fourth-order valence-electron chi connectivity index (χ4n) is 2.27. The molecule has 0 aliphatic carbocycles. The molecule has 2 N–H and O–H groups in total. The average Bonchev–Trinajstić information content (AvgIpc) is 2.99. The molecule has 5 nitrogen and oxygen atoms in total. The smallest absolute Gasteiger partial charge is 0.315 e. The Morgan fingerprint density at radius 2 is 2.32 bits per heavy atom. The summed E-state index contributed by atoms with van der Waals surface area (Å²) in [6.07, 6.45) is 2.00. The monoisotopic (exact) mass is 314 g/mol. The van der Waals surface area contributed by atoms with E-state index in [1.165, 1.54) is 6.07 Å². The van der Waals surface area contributed by atoms with Crippen LogP contribution >= 0.6 is 0 Å². The Kier molecular flexibility index (Phi) is 5.94. The maximum absolute atomic E-state index is 13.3. The summed E-state index contributed by atoms with van der Waals surface area (Å²) in [7, 11) is 0. The third kappa shape index (κ3) is 4.84. The third-order valence-electron chi connectivity index (χ3n) is 3.42. The second kappa shape index (κ2) is 7.93. The van der Waals surface area contributed by atoms with Crippen molar-refractivity contribution < 1.29 is 23.0 Å². The van der Waals surface area contributed by atoms with Crippen molar-refractivity contribution >= 4 is 6.03 Å². The molecule has 122 valence electrons. The lowest BCUT2D eigenvalue weighted by atomic mass is 10.1. The Hall–Kier alpha value is -1.89. The van der Waals surface area contributed by atoms with Crippen LogP contribution in [0, 0.1) is 11.6 Å². The summed E-state index contributed by atoms with van der Waals surface area (Å²) in [6.45, 7) is 2.92. The summed E-state index contributed by atoms with van der Waals surface area (Å²) in [6, 6.07) is 2.68. The average molecular weight is 314 g/mol. The molecule has 0 unspecified atom stereocenters. The number of ether oxygens (including phenoxy) is 2. The maximum Gasteiger partial charge on any atom is 0.315 e. The third-order valence-corrected chi connectivity index (χ3v) is 3.42. The first-order chi connectivity index (χ1) is 10.6. The van der Waals surface area contributed by atoms with Crippen LogP contribution in [0.15, 0.2) is 18.2 Å². The number of halogens is 2. The number of urea groups is 1. The van der Waals surface area contributed by atoms with Crippen LogP contribution in [0.5, 0.6) is 5.75 Å². The van der Waals surface area contributed by atoms with Gasteiger partial charge >= 0.3 is 6.03 Å².